The van der Waals surface area contributed by atoms with Crippen LogP contribution in [0.25, 0.3) is 0 Å². The molecule has 0 aromatic heterocycles. The number of carbonyl (C=O) groups is 2. The molecule has 1 saturated heterocycles. The van der Waals surface area contributed by atoms with E-state index in [0.29, 0.717) is 26.1 Å². The van der Waals surface area contributed by atoms with Crippen LogP contribution in [0.1, 0.15) is 37.7 Å². The van der Waals surface area contributed by atoms with Crippen molar-refractivity contribution in [1.82, 2.24) is 15.5 Å². The molecule has 142 valence electrons. The summed E-state index contributed by atoms with van der Waals surface area (Å²) in [6.45, 7) is 3.28. The fourth-order valence-corrected chi connectivity index (χ4v) is 3.58. The van der Waals surface area contributed by atoms with Gasteiger partial charge in [0.15, 0.2) is 0 Å². The van der Waals surface area contributed by atoms with Crippen molar-refractivity contribution in [3.05, 3.63) is 29.8 Å². The molecule has 2 aliphatic rings. The van der Waals surface area contributed by atoms with E-state index in [1.165, 1.54) is 18.4 Å². The lowest BCUT2D eigenvalue weighted by Gasteiger charge is -2.25. The van der Waals surface area contributed by atoms with E-state index in [9.17, 15) is 9.59 Å². The van der Waals surface area contributed by atoms with E-state index in [2.05, 4.69) is 16.7 Å². The third-order valence-electron chi connectivity index (χ3n) is 5.09. The summed E-state index contributed by atoms with van der Waals surface area (Å²) in [6, 6.07) is 7.81. The number of fused-ring (bicyclic) bond motifs is 1. The van der Waals surface area contributed by atoms with Gasteiger partial charge in [-0.3, -0.25) is 4.79 Å². The summed E-state index contributed by atoms with van der Waals surface area (Å²) in [5, 5.41) is 5.68. The number of hydrogen-bond acceptors (Lipinski definition) is 3. The van der Waals surface area contributed by atoms with Gasteiger partial charge in [-0.05, 0) is 30.9 Å². The third-order valence-corrected chi connectivity index (χ3v) is 5.09. The van der Waals surface area contributed by atoms with E-state index < -0.39 is 0 Å². The molecule has 2 heterocycles. The van der Waals surface area contributed by atoms with Gasteiger partial charge in [-0.25, -0.2) is 4.79 Å². The maximum absolute atomic E-state index is 12.2. The topological polar surface area (TPSA) is 70.7 Å². The minimum absolute atomic E-state index is 0.143. The van der Waals surface area contributed by atoms with Crippen molar-refractivity contribution in [3.8, 4) is 5.75 Å². The quantitative estimate of drug-likeness (QED) is 0.848. The Morgan fingerprint density at radius 3 is 2.65 bits per heavy atom. The predicted octanol–water partition coefficient (Wildman–Crippen LogP) is 2.33. The fraction of sp³-hybridized carbons (Fsp3) is 0.600. The average Bonchev–Trinajstić information content (AvgIpc) is 2.95. The van der Waals surface area contributed by atoms with E-state index in [1.54, 1.807) is 0 Å². The standard InChI is InChI=1S/C20H29N3O3/c24-19(23-11-5-1-2-6-12-23)9-10-21-20(25)22-14-16-13-17-7-3-4-8-18(17)26-15-16/h3-4,7-8,16H,1-2,5-6,9-15H2,(H2,21,22,25). The van der Waals surface area contributed by atoms with Crippen molar-refractivity contribution >= 4 is 11.9 Å². The van der Waals surface area contributed by atoms with E-state index in [0.717, 1.165) is 38.1 Å². The second kappa shape index (κ2) is 9.46. The average molecular weight is 359 g/mol. The highest BCUT2D eigenvalue weighted by Crippen LogP contribution is 2.26. The number of nitrogens with one attached hydrogen (secondary N) is 2. The van der Waals surface area contributed by atoms with Gasteiger partial charge in [0.25, 0.3) is 0 Å². The second-order valence-electron chi connectivity index (χ2n) is 7.17. The Balaban J connectivity index is 1.31. The Morgan fingerprint density at radius 1 is 1.08 bits per heavy atom. The van der Waals surface area contributed by atoms with Crippen LogP contribution in [-0.4, -0.2) is 49.6 Å². The molecule has 1 fully saturated rings. The second-order valence-corrected chi connectivity index (χ2v) is 7.17. The van der Waals surface area contributed by atoms with Gasteiger partial charge in [-0.15, -0.1) is 0 Å². The number of urea groups is 1. The molecule has 3 amide bonds. The fourth-order valence-electron chi connectivity index (χ4n) is 3.58. The van der Waals surface area contributed by atoms with Crippen molar-refractivity contribution in [2.75, 3.05) is 32.8 Å². The van der Waals surface area contributed by atoms with E-state index in [4.69, 9.17) is 4.74 Å². The highest BCUT2D eigenvalue weighted by Gasteiger charge is 2.20. The Hall–Kier alpha value is -2.24. The smallest absolute Gasteiger partial charge is 0.314 e. The van der Waals surface area contributed by atoms with E-state index in [1.807, 2.05) is 23.1 Å². The number of hydrogen-bond donors (Lipinski definition) is 2. The molecule has 2 N–H and O–H groups in total. The molecule has 6 heteroatoms. The Bertz CT molecular complexity index is 612. The number of likely N-dealkylation sites (tertiary alicyclic amines) is 1. The summed E-state index contributed by atoms with van der Waals surface area (Å²) in [5.41, 5.74) is 1.19. The lowest BCUT2D eigenvalue weighted by molar-refractivity contribution is -0.131. The molecule has 0 aliphatic carbocycles. The third kappa shape index (κ3) is 5.38. The molecule has 0 bridgehead atoms. The lowest BCUT2D eigenvalue weighted by Crippen LogP contribution is -2.42. The van der Waals surface area contributed by atoms with Crippen molar-refractivity contribution in [2.24, 2.45) is 5.92 Å². The minimum Gasteiger partial charge on any atom is -0.493 e. The monoisotopic (exact) mass is 359 g/mol. The Kier molecular flexibility index (Phi) is 6.75. The molecule has 26 heavy (non-hydrogen) atoms. The number of amides is 3. The van der Waals surface area contributed by atoms with Gasteiger partial charge in [0.05, 0.1) is 6.61 Å². The lowest BCUT2D eigenvalue weighted by atomic mass is 9.97. The van der Waals surface area contributed by atoms with E-state index >= 15 is 0 Å². The highest BCUT2D eigenvalue weighted by atomic mass is 16.5. The number of rotatable bonds is 5. The zero-order chi connectivity index (χ0) is 18.2. The minimum atomic E-state index is -0.215. The van der Waals surface area contributed by atoms with Gasteiger partial charge in [0.1, 0.15) is 5.75 Å². The van der Waals surface area contributed by atoms with Gasteiger partial charge in [-0.1, -0.05) is 31.0 Å². The SMILES string of the molecule is O=C(NCCC(=O)N1CCCCCC1)NCC1COc2ccccc2C1. The predicted molar refractivity (Wildman–Crippen MR) is 100 cm³/mol. The van der Waals surface area contributed by atoms with Crippen molar-refractivity contribution in [1.29, 1.82) is 0 Å². The molecule has 1 aromatic rings. The number of benzene rings is 1. The zero-order valence-corrected chi connectivity index (χ0v) is 15.3. The first-order valence-corrected chi connectivity index (χ1v) is 9.72. The number of carbonyl (C=O) groups excluding carboxylic acids is 2. The molecule has 0 saturated carbocycles. The largest absolute Gasteiger partial charge is 0.493 e. The van der Waals surface area contributed by atoms with Crippen LogP contribution in [0.3, 0.4) is 0 Å². The highest BCUT2D eigenvalue weighted by molar-refractivity contribution is 5.78. The van der Waals surface area contributed by atoms with E-state index in [-0.39, 0.29) is 17.9 Å². The van der Waals surface area contributed by atoms with Crippen LogP contribution < -0.4 is 15.4 Å². The van der Waals surface area contributed by atoms with Crippen molar-refractivity contribution in [3.63, 3.8) is 0 Å². The molecular formula is C20H29N3O3. The summed E-state index contributed by atoms with van der Waals surface area (Å²) in [4.78, 5) is 26.1. The molecule has 1 atom stereocenters. The van der Waals surface area contributed by atoms with Crippen LogP contribution in [-0.2, 0) is 11.2 Å². The molecule has 3 rings (SSSR count). The van der Waals surface area contributed by atoms with Crippen LogP contribution in [0.5, 0.6) is 5.75 Å². The number of nitrogens with zero attached hydrogens (tertiary/aromatic N) is 1. The summed E-state index contributed by atoms with van der Waals surface area (Å²) >= 11 is 0. The Morgan fingerprint density at radius 2 is 1.85 bits per heavy atom. The molecule has 1 aromatic carbocycles. The van der Waals surface area contributed by atoms with Crippen molar-refractivity contribution < 1.29 is 14.3 Å². The first-order valence-electron chi connectivity index (χ1n) is 9.72. The van der Waals surface area contributed by atoms with Crippen LogP contribution in [0.4, 0.5) is 4.79 Å². The van der Waals surface area contributed by atoms with Gasteiger partial charge in [0, 0.05) is 38.5 Å². The molecule has 1 unspecified atom stereocenters. The summed E-state index contributed by atoms with van der Waals surface area (Å²) in [5.74, 6) is 1.36. The van der Waals surface area contributed by atoms with Crippen LogP contribution in [0.2, 0.25) is 0 Å². The van der Waals surface area contributed by atoms with Gasteiger partial charge >= 0.3 is 6.03 Å². The summed E-state index contributed by atoms with van der Waals surface area (Å²) in [6.07, 6.45) is 5.87. The first kappa shape index (κ1) is 18.5. The van der Waals surface area contributed by atoms with Crippen LogP contribution in [0.15, 0.2) is 24.3 Å². The number of para-hydroxylation sites is 1. The van der Waals surface area contributed by atoms with Gasteiger partial charge in [0.2, 0.25) is 5.91 Å². The van der Waals surface area contributed by atoms with Crippen molar-refractivity contribution in [2.45, 2.75) is 38.5 Å². The van der Waals surface area contributed by atoms with Gasteiger partial charge in [-0.2, -0.15) is 0 Å². The molecule has 0 spiro atoms. The maximum atomic E-state index is 12.2. The van der Waals surface area contributed by atoms with Crippen LogP contribution >= 0.6 is 0 Å². The van der Waals surface area contributed by atoms with Crippen LogP contribution in [0, 0.1) is 5.92 Å². The molecule has 6 nitrogen and oxygen atoms in total. The molecule has 0 radical (unpaired) electrons. The number of ether oxygens (including phenoxy) is 1. The first-order chi connectivity index (χ1) is 12.7. The molecular weight excluding hydrogens is 330 g/mol. The molecule has 2 aliphatic heterocycles. The summed E-state index contributed by atoms with van der Waals surface area (Å²) in [7, 11) is 0. The maximum Gasteiger partial charge on any atom is 0.314 e. The normalized spacial score (nSPS) is 19.7. The zero-order valence-electron chi connectivity index (χ0n) is 15.3. The van der Waals surface area contributed by atoms with Gasteiger partial charge < -0.3 is 20.3 Å². The summed E-state index contributed by atoms with van der Waals surface area (Å²) < 4.78 is 5.74. The Labute approximate surface area is 155 Å².